The van der Waals surface area contributed by atoms with Crippen LogP contribution in [0.3, 0.4) is 0 Å². The molecule has 0 aliphatic heterocycles. The van der Waals surface area contributed by atoms with Crippen LogP contribution in [0.25, 0.3) is 20.2 Å². The van der Waals surface area contributed by atoms with Gasteiger partial charge in [-0.2, -0.15) is 0 Å². The van der Waals surface area contributed by atoms with Crippen molar-refractivity contribution in [3.63, 3.8) is 0 Å². The summed E-state index contributed by atoms with van der Waals surface area (Å²) in [6, 6.07) is 7.40. The molecule has 0 amide bonds. The third-order valence-corrected chi connectivity index (χ3v) is 5.79. The number of halogens is 3. The molecule has 0 aliphatic carbocycles. The van der Waals surface area contributed by atoms with Gasteiger partial charge in [-0.15, -0.1) is 11.3 Å². The fourth-order valence-corrected chi connectivity index (χ4v) is 4.15. The Morgan fingerprint density at radius 2 is 1.68 bits per heavy atom. The minimum atomic E-state index is -0.101. The Morgan fingerprint density at radius 3 is 2.42 bits per heavy atom. The van der Waals surface area contributed by atoms with Gasteiger partial charge in [-0.1, -0.05) is 46.9 Å². The van der Waals surface area contributed by atoms with Crippen LogP contribution in [-0.4, -0.2) is 0 Å². The van der Waals surface area contributed by atoms with Crippen LogP contribution in [0.4, 0.5) is 0 Å². The highest BCUT2D eigenvalue weighted by Crippen LogP contribution is 2.41. The summed E-state index contributed by atoms with van der Waals surface area (Å²) in [6.07, 6.45) is 0. The second kappa shape index (κ2) is 4.64. The van der Waals surface area contributed by atoms with E-state index in [-0.39, 0.29) is 5.43 Å². The minimum Gasteiger partial charge on any atom is -0.288 e. The van der Waals surface area contributed by atoms with Crippen LogP contribution >= 0.6 is 46.1 Å². The molecule has 0 unspecified atom stereocenters. The smallest absolute Gasteiger partial charge is 0.197 e. The molecule has 3 aromatic rings. The molecule has 0 N–H and O–H groups in total. The predicted octanol–water partition coefficient (Wildman–Crippen LogP) is 5.68. The van der Waals surface area contributed by atoms with Gasteiger partial charge in [0.25, 0.3) is 0 Å². The van der Waals surface area contributed by atoms with Crippen LogP contribution < -0.4 is 5.43 Å². The minimum absolute atomic E-state index is 0.101. The first kappa shape index (κ1) is 13.2. The van der Waals surface area contributed by atoms with Crippen molar-refractivity contribution in [3.8, 4) is 0 Å². The number of fused-ring (bicyclic) bond motifs is 2. The second-order valence-electron chi connectivity index (χ2n) is 4.20. The van der Waals surface area contributed by atoms with Gasteiger partial charge in [0.15, 0.2) is 5.43 Å². The van der Waals surface area contributed by atoms with Crippen molar-refractivity contribution in [2.45, 2.75) is 6.92 Å². The Labute approximate surface area is 128 Å². The molecule has 1 aromatic heterocycles. The number of hydrogen-bond acceptors (Lipinski definition) is 2. The van der Waals surface area contributed by atoms with Gasteiger partial charge < -0.3 is 0 Å². The van der Waals surface area contributed by atoms with Crippen molar-refractivity contribution in [2.75, 3.05) is 0 Å². The number of rotatable bonds is 0. The first-order chi connectivity index (χ1) is 9.02. The van der Waals surface area contributed by atoms with Crippen LogP contribution in [-0.2, 0) is 0 Å². The zero-order valence-corrected chi connectivity index (χ0v) is 12.8. The van der Waals surface area contributed by atoms with E-state index in [0.29, 0.717) is 36.1 Å². The standard InChI is InChI=1S/C14H7Cl3OS/c1-6-10(15)9-13(18)7-4-2-3-5-8(7)19-14(9)12(17)11(6)16/h2-5H,1H3. The Hall–Kier alpha value is -0.800. The summed E-state index contributed by atoms with van der Waals surface area (Å²) in [7, 11) is 0. The molecule has 0 atom stereocenters. The average Bonchev–Trinajstić information content (AvgIpc) is 2.43. The van der Waals surface area contributed by atoms with Crippen LogP contribution in [0.2, 0.25) is 15.1 Å². The van der Waals surface area contributed by atoms with Gasteiger partial charge in [0, 0.05) is 10.1 Å². The van der Waals surface area contributed by atoms with E-state index in [1.807, 2.05) is 18.2 Å². The van der Waals surface area contributed by atoms with Gasteiger partial charge in [0.1, 0.15) is 0 Å². The van der Waals surface area contributed by atoms with E-state index in [4.69, 9.17) is 34.8 Å². The maximum atomic E-state index is 12.5. The highest BCUT2D eigenvalue weighted by atomic mass is 35.5. The summed E-state index contributed by atoms with van der Waals surface area (Å²) in [6.45, 7) is 1.76. The molecular weight excluding hydrogens is 323 g/mol. The first-order valence-corrected chi connectivity index (χ1v) is 7.46. The van der Waals surface area contributed by atoms with Crippen LogP contribution in [0, 0.1) is 6.92 Å². The molecular formula is C14H7Cl3OS. The van der Waals surface area contributed by atoms with E-state index >= 15 is 0 Å². The van der Waals surface area contributed by atoms with Gasteiger partial charge in [-0.3, -0.25) is 4.79 Å². The molecule has 0 fully saturated rings. The maximum Gasteiger partial charge on any atom is 0.197 e. The molecule has 96 valence electrons. The topological polar surface area (TPSA) is 17.1 Å². The van der Waals surface area contributed by atoms with Crippen molar-refractivity contribution in [3.05, 3.63) is 55.1 Å². The number of benzene rings is 2. The molecule has 0 aliphatic rings. The first-order valence-electron chi connectivity index (χ1n) is 5.51. The Balaban J connectivity index is 2.71. The molecule has 2 aromatic carbocycles. The molecule has 1 nitrogen and oxygen atoms in total. The summed E-state index contributed by atoms with van der Waals surface area (Å²) >= 11 is 20.1. The van der Waals surface area contributed by atoms with E-state index in [9.17, 15) is 4.79 Å². The molecule has 0 saturated heterocycles. The lowest BCUT2D eigenvalue weighted by molar-refractivity contribution is 1.50. The lowest BCUT2D eigenvalue weighted by Crippen LogP contribution is -2.03. The highest BCUT2D eigenvalue weighted by Gasteiger charge is 2.17. The van der Waals surface area contributed by atoms with Crippen molar-refractivity contribution in [1.82, 2.24) is 0 Å². The van der Waals surface area contributed by atoms with E-state index in [1.54, 1.807) is 13.0 Å². The second-order valence-corrected chi connectivity index (χ2v) is 6.38. The molecule has 0 saturated carbocycles. The Bertz CT molecular complexity index is 883. The lowest BCUT2D eigenvalue weighted by Gasteiger charge is -2.09. The van der Waals surface area contributed by atoms with Crippen molar-refractivity contribution >= 4 is 66.3 Å². The van der Waals surface area contributed by atoms with Crippen LogP contribution in [0.15, 0.2) is 29.1 Å². The van der Waals surface area contributed by atoms with E-state index in [2.05, 4.69) is 0 Å². The highest BCUT2D eigenvalue weighted by molar-refractivity contribution is 7.25. The zero-order chi connectivity index (χ0) is 13.7. The monoisotopic (exact) mass is 328 g/mol. The molecule has 5 heteroatoms. The van der Waals surface area contributed by atoms with Crippen molar-refractivity contribution < 1.29 is 0 Å². The maximum absolute atomic E-state index is 12.5. The third kappa shape index (κ3) is 1.86. The molecule has 3 rings (SSSR count). The summed E-state index contributed by atoms with van der Waals surface area (Å²) in [5, 5.41) is 2.30. The molecule has 0 radical (unpaired) electrons. The Morgan fingerprint density at radius 1 is 1.00 bits per heavy atom. The van der Waals surface area contributed by atoms with Gasteiger partial charge >= 0.3 is 0 Å². The fourth-order valence-electron chi connectivity index (χ4n) is 2.04. The van der Waals surface area contributed by atoms with E-state index in [1.165, 1.54) is 11.3 Å². The predicted molar refractivity (Wildman–Crippen MR) is 85.4 cm³/mol. The Kier molecular flexibility index (Phi) is 3.22. The summed E-state index contributed by atoms with van der Waals surface area (Å²) in [5.74, 6) is 0. The fraction of sp³-hybridized carbons (Fsp3) is 0.0714. The van der Waals surface area contributed by atoms with E-state index < -0.39 is 0 Å². The lowest BCUT2D eigenvalue weighted by atomic mass is 10.1. The molecule has 19 heavy (non-hydrogen) atoms. The normalized spacial score (nSPS) is 11.4. The third-order valence-electron chi connectivity index (χ3n) is 3.07. The summed E-state index contributed by atoms with van der Waals surface area (Å²) in [4.78, 5) is 12.5. The van der Waals surface area contributed by atoms with Crippen LogP contribution in [0.5, 0.6) is 0 Å². The van der Waals surface area contributed by atoms with Crippen molar-refractivity contribution in [2.24, 2.45) is 0 Å². The summed E-state index contributed by atoms with van der Waals surface area (Å²) in [5.41, 5.74) is 0.538. The quantitative estimate of drug-likeness (QED) is 0.383. The average molecular weight is 330 g/mol. The summed E-state index contributed by atoms with van der Waals surface area (Å²) < 4.78 is 1.52. The number of hydrogen-bond donors (Lipinski definition) is 0. The largest absolute Gasteiger partial charge is 0.288 e. The zero-order valence-electron chi connectivity index (χ0n) is 9.76. The SMILES string of the molecule is Cc1c(Cl)c(Cl)c2sc3ccccc3c(=O)c2c1Cl. The molecule has 1 heterocycles. The van der Waals surface area contributed by atoms with Gasteiger partial charge in [-0.05, 0) is 24.6 Å². The molecule has 0 bridgehead atoms. The van der Waals surface area contributed by atoms with Gasteiger partial charge in [0.05, 0.1) is 25.2 Å². The molecule has 0 spiro atoms. The van der Waals surface area contributed by atoms with E-state index in [0.717, 1.165) is 4.70 Å². The van der Waals surface area contributed by atoms with Gasteiger partial charge in [-0.25, -0.2) is 0 Å². The van der Waals surface area contributed by atoms with Crippen molar-refractivity contribution in [1.29, 1.82) is 0 Å². The van der Waals surface area contributed by atoms with Crippen LogP contribution in [0.1, 0.15) is 5.56 Å². The van der Waals surface area contributed by atoms with Gasteiger partial charge in [0.2, 0.25) is 0 Å².